The zero-order chi connectivity index (χ0) is 13.5. The van der Waals surface area contributed by atoms with Gasteiger partial charge in [-0.3, -0.25) is 9.59 Å². The molecule has 2 amide bonds. The summed E-state index contributed by atoms with van der Waals surface area (Å²) in [5.41, 5.74) is 1.25. The second-order valence-corrected chi connectivity index (χ2v) is 3.96. The van der Waals surface area contributed by atoms with Crippen molar-refractivity contribution in [3.63, 3.8) is 0 Å². The van der Waals surface area contributed by atoms with Crippen molar-refractivity contribution in [3.8, 4) is 0 Å². The van der Waals surface area contributed by atoms with Crippen molar-refractivity contribution in [2.45, 2.75) is 26.7 Å². The van der Waals surface area contributed by atoms with Crippen LogP contribution < -0.4 is 10.6 Å². The lowest BCUT2D eigenvalue weighted by Gasteiger charge is -2.08. The summed E-state index contributed by atoms with van der Waals surface area (Å²) < 4.78 is 12.9. The van der Waals surface area contributed by atoms with Crippen LogP contribution >= 0.6 is 0 Å². The highest BCUT2D eigenvalue weighted by Crippen LogP contribution is 2.15. The highest BCUT2D eigenvalue weighted by molar-refractivity contribution is 5.91. The number of carbonyl (C=O) groups is 2. The highest BCUT2D eigenvalue weighted by atomic mass is 19.1. The smallest absolute Gasteiger partial charge is 0.226 e. The normalized spacial score (nSPS) is 9.94. The summed E-state index contributed by atoms with van der Waals surface area (Å²) in [6, 6.07) is 4.17. The van der Waals surface area contributed by atoms with Crippen LogP contribution in [-0.2, 0) is 9.59 Å². The molecule has 0 unspecified atom stereocenters. The van der Waals surface area contributed by atoms with E-state index in [0.717, 1.165) is 0 Å². The van der Waals surface area contributed by atoms with Crippen LogP contribution in [0.1, 0.15) is 25.3 Å². The number of benzene rings is 1. The molecule has 0 aliphatic carbocycles. The average molecular weight is 252 g/mol. The Bertz CT molecular complexity index is 447. The summed E-state index contributed by atoms with van der Waals surface area (Å²) in [7, 11) is 0. The quantitative estimate of drug-likeness (QED) is 0.842. The van der Waals surface area contributed by atoms with Crippen molar-refractivity contribution >= 4 is 17.5 Å². The minimum absolute atomic E-state index is 0.0826. The topological polar surface area (TPSA) is 58.2 Å². The van der Waals surface area contributed by atoms with Crippen LogP contribution in [0, 0.1) is 12.7 Å². The second-order valence-electron chi connectivity index (χ2n) is 3.96. The number of rotatable bonds is 5. The Morgan fingerprint density at radius 3 is 2.61 bits per heavy atom. The third-order valence-electron chi connectivity index (χ3n) is 2.46. The van der Waals surface area contributed by atoms with E-state index in [1.807, 2.05) is 0 Å². The third-order valence-corrected chi connectivity index (χ3v) is 2.46. The minimum Gasteiger partial charge on any atom is -0.356 e. The molecule has 0 spiro atoms. The zero-order valence-electron chi connectivity index (χ0n) is 10.5. The molecule has 5 heteroatoms. The van der Waals surface area contributed by atoms with E-state index in [2.05, 4.69) is 10.6 Å². The van der Waals surface area contributed by atoms with Crippen LogP contribution in [-0.4, -0.2) is 18.4 Å². The number of halogens is 1. The van der Waals surface area contributed by atoms with Crippen molar-refractivity contribution < 1.29 is 14.0 Å². The van der Waals surface area contributed by atoms with Crippen molar-refractivity contribution in [2.24, 2.45) is 0 Å². The molecule has 0 heterocycles. The number of nitrogens with one attached hydrogen (secondary N) is 2. The summed E-state index contributed by atoms with van der Waals surface area (Å²) >= 11 is 0. The Morgan fingerprint density at radius 2 is 2.00 bits per heavy atom. The molecule has 0 atom stereocenters. The molecular formula is C13H17FN2O2. The lowest BCUT2D eigenvalue weighted by Crippen LogP contribution is -2.26. The summed E-state index contributed by atoms with van der Waals surface area (Å²) in [6.45, 7) is 3.77. The third kappa shape index (κ3) is 4.53. The average Bonchev–Trinajstić information content (AvgIpc) is 2.32. The SMILES string of the molecule is CCC(=O)NCCC(=O)Nc1ccc(F)cc1C. The molecule has 4 nitrogen and oxygen atoms in total. The number of hydrogen-bond acceptors (Lipinski definition) is 2. The molecule has 1 aromatic rings. The number of carbonyl (C=O) groups excluding carboxylic acids is 2. The van der Waals surface area contributed by atoms with Gasteiger partial charge in [-0.05, 0) is 30.7 Å². The van der Waals surface area contributed by atoms with E-state index in [9.17, 15) is 14.0 Å². The molecule has 98 valence electrons. The fraction of sp³-hybridized carbons (Fsp3) is 0.385. The standard InChI is InChI=1S/C13H17FN2O2/c1-3-12(17)15-7-6-13(18)16-11-5-4-10(14)8-9(11)2/h4-5,8H,3,6-7H2,1-2H3,(H,15,17)(H,16,18). The first-order valence-electron chi connectivity index (χ1n) is 5.85. The van der Waals surface area contributed by atoms with Gasteiger partial charge in [0.1, 0.15) is 5.82 Å². The first-order valence-corrected chi connectivity index (χ1v) is 5.85. The first kappa shape index (κ1) is 14.2. The van der Waals surface area contributed by atoms with Crippen LogP contribution in [0.4, 0.5) is 10.1 Å². The van der Waals surface area contributed by atoms with Gasteiger partial charge in [0.15, 0.2) is 0 Å². The van der Waals surface area contributed by atoms with Crippen molar-refractivity contribution in [3.05, 3.63) is 29.6 Å². The van der Waals surface area contributed by atoms with Crippen LogP contribution in [0.3, 0.4) is 0 Å². The largest absolute Gasteiger partial charge is 0.356 e. The number of hydrogen-bond donors (Lipinski definition) is 2. The molecule has 0 aliphatic heterocycles. The van der Waals surface area contributed by atoms with Crippen LogP contribution in [0.25, 0.3) is 0 Å². The van der Waals surface area contributed by atoms with Gasteiger partial charge >= 0.3 is 0 Å². The van der Waals surface area contributed by atoms with Gasteiger partial charge in [0.2, 0.25) is 11.8 Å². The summed E-state index contributed by atoms with van der Waals surface area (Å²) in [5, 5.41) is 5.29. The first-order chi connectivity index (χ1) is 8.52. The monoisotopic (exact) mass is 252 g/mol. The van der Waals surface area contributed by atoms with Crippen molar-refractivity contribution in [1.82, 2.24) is 5.32 Å². The zero-order valence-corrected chi connectivity index (χ0v) is 10.5. The van der Waals surface area contributed by atoms with E-state index in [-0.39, 0.29) is 24.1 Å². The lowest BCUT2D eigenvalue weighted by molar-refractivity contribution is -0.121. The molecule has 0 radical (unpaired) electrons. The Labute approximate surface area is 106 Å². The molecule has 2 N–H and O–H groups in total. The predicted octanol–water partition coefficient (Wildman–Crippen LogP) is 1.99. The van der Waals surface area contributed by atoms with E-state index >= 15 is 0 Å². The van der Waals surface area contributed by atoms with Crippen LogP contribution in [0.2, 0.25) is 0 Å². The van der Waals surface area contributed by atoms with Gasteiger partial charge in [0.05, 0.1) is 0 Å². The molecule has 18 heavy (non-hydrogen) atoms. The number of anilines is 1. The summed E-state index contributed by atoms with van der Waals surface area (Å²) in [5.74, 6) is -0.623. The van der Waals surface area contributed by atoms with Gasteiger partial charge in [0, 0.05) is 25.1 Å². The highest BCUT2D eigenvalue weighted by Gasteiger charge is 2.06. The van der Waals surface area contributed by atoms with Gasteiger partial charge in [-0.25, -0.2) is 4.39 Å². The fourth-order valence-electron chi connectivity index (χ4n) is 1.42. The van der Waals surface area contributed by atoms with E-state index in [0.29, 0.717) is 24.2 Å². The maximum absolute atomic E-state index is 12.9. The summed E-state index contributed by atoms with van der Waals surface area (Å²) in [4.78, 5) is 22.5. The molecular weight excluding hydrogens is 235 g/mol. The number of amides is 2. The Hall–Kier alpha value is -1.91. The molecule has 0 fully saturated rings. The summed E-state index contributed by atoms with van der Waals surface area (Å²) in [6.07, 6.45) is 0.598. The van der Waals surface area contributed by atoms with Gasteiger partial charge in [-0.2, -0.15) is 0 Å². The maximum atomic E-state index is 12.9. The van der Waals surface area contributed by atoms with E-state index in [4.69, 9.17) is 0 Å². The lowest BCUT2D eigenvalue weighted by atomic mass is 10.2. The molecule has 0 bridgehead atoms. The Kier molecular flexibility index (Phi) is 5.30. The van der Waals surface area contributed by atoms with E-state index in [1.165, 1.54) is 18.2 Å². The second kappa shape index (κ2) is 6.74. The predicted molar refractivity (Wildman–Crippen MR) is 67.7 cm³/mol. The number of aryl methyl sites for hydroxylation is 1. The van der Waals surface area contributed by atoms with Gasteiger partial charge in [0.25, 0.3) is 0 Å². The van der Waals surface area contributed by atoms with Gasteiger partial charge in [-0.15, -0.1) is 0 Å². The molecule has 0 saturated heterocycles. The van der Waals surface area contributed by atoms with E-state index in [1.54, 1.807) is 13.8 Å². The molecule has 1 rings (SSSR count). The molecule has 0 saturated carbocycles. The Morgan fingerprint density at radius 1 is 1.28 bits per heavy atom. The van der Waals surface area contributed by atoms with Gasteiger partial charge < -0.3 is 10.6 Å². The van der Waals surface area contributed by atoms with Gasteiger partial charge in [-0.1, -0.05) is 6.92 Å². The van der Waals surface area contributed by atoms with Crippen molar-refractivity contribution in [2.75, 3.05) is 11.9 Å². The van der Waals surface area contributed by atoms with Crippen LogP contribution in [0.5, 0.6) is 0 Å². The van der Waals surface area contributed by atoms with E-state index < -0.39 is 0 Å². The minimum atomic E-state index is -0.333. The molecule has 1 aromatic carbocycles. The molecule has 0 aromatic heterocycles. The Balaban J connectivity index is 2.42. The fourth-order valence-corrected chi connectivity index (χ4v) is 1.42. The van der Waals surface area contributed by atoms with Crippen LogP contribution in [0.15, 0.2) is 18.2 Å². The van der Waals surface area contributed by atoms with Crippen molar-refractivity contribution in [1.29, 1.82) is 0 Å². The maximum Gasteiger partial charge on any atom is 0.226 e. The molecule has 0 aliphatic rings.